The number of rotatable bonds is 0. The second kappa shape index (κ2) is 4.59. The highest BCUT2D eigenvalue weighted by Gasteiger charge is 2.19. The van der Waals surface area contributed by atoms with Crippen LogP contribution in [0.15, 0.2) is 28.9 Å². The first-order valence-electron chi connectivity index (χ1n) is 5.47. The van der Waals surface area contributed by atoms with Crippen LogP contribution in [0.2, 0.25) is 5.02 Å². The molecule has 0 spiro atoms. The Bertz CT molecular complexity index is 613. The third kappa shape index (κ3) is 2.70. The van der Waals surface area contributed by atoms with Crippen molar-refractivity contribution in [3.05, 3.63) is 33.9 Å². The van der Waals surface area contributed by atoms with E-state index in [9.17, 15) is 4.79 Å². The highest BCUT2D eigenvalue weighted by atomic mass is 79.9. The Labute approximate surface area is 119 Å². The third-order valence-electron chi connectivity index (χ3n) is 2.32. The molecule has 0 aliphatic carbocycles. The Morgan fingerprint density at radius 3 is 2.67 bits per heavy atom. The molecule has 2 aromatic rings. The maximum absolute atomic E-state index is 12.0. The SMILES string of the molecule is CC(C)(C)OC(=O)n1ccc2cc(Br)c(Cl)cc21. The number of halogens is 2. The molecule has 0 saturated heterocycles. The van der Waals surface area contributed by atoms with Gasteiger partial charge >= 0.3 is 6.09 Å². The zero-order valence-electron chi connectivity index (χ0n) is 10.3. The van der Waals surface area contributed by atoms with Gasteiger partial charge in [-0.1, -0.05) is 11.6 Å². The number of benzene rings is 1. The van der Waals surface area contributed by atoms with E-state index >= 15 is 0 Å². The molecule has 2 rings (SSSR count). The topological polar surface area (TPSA) is 31.2 Å². The number of ether oxygens (including phenoxy) is 1. The summed E-state index contributed by atoms with van der Waals surface area (Å²) in [7, 11) is 0. The molecule has 0 unspecified atom stereocenters. The van der Waals surface area contributed by atoms with Crippen LogP contribution in [0.1, 0.15) is 20.8 Å². The summed E-state index contributed by atoms with van der Waals surface area (Å²) in [5, 5.41) is 1.49. The monoisotopic (exact) mass is 329 g/mol. The number of aromatic nitrogens is 1. The van der Waals surface area contributed by atoms with Crippen LogP contribution in [-0.4, -0.2) is 16.3 Å². The lowest BCUT2D eigenvalue weighted by Crippen LogP contribution is -2.26. The summed E-state index contributed by atoms with van der Waals surface area (Å²) >= 11 is 9.40. The van der Waals surface area contributed by atoms with E-state index in [1.54, 1.807) is 12.3 Å². The second-order valence-electron chi connectivity index (χ2n) is 4.99. The number of nitrogens with zero attached hydrogens (tertiary/aromatic N) is 1. The standard InChI is InChI=1S/C13H13BrClNO2/c1-13(2,3)18-12(17)16-5-4-8-6-9(14)10(15)7-11(8)16/h4-7H,1-3H3. The van der Waals surface area contributed by atoms with Crippen LogP contribution in [-0.2, 0) is 4.74 Å². The van der Waals surface area contributed by atoms with Crippen LogP contribution in [0.25, 0.3) is 10.9 Å². The zero-order valence-corrected chi connectivity index (χ0v) is 12.7. The minimum Gasteiger partial charge on any atom is -0.443 e. The fourth-order valence-electron chi connectivity index (χ4n) is 1.60. The lowest BCUT2D eigenvalue weighted by atomic mass is 10.2. The van der Waals surface area contributed by atoms with E-state index in [1.165, 1.54) is 4.57 Å². The van der Waals surface area contributed by atoms with Crippen LogP contribution in [0, 0.1) is 0 Å². The predicted molar refractivity (Wildman–Crippen MR) is 76.3 cm³/mol. The van der Waals surface area contributed by atoms with Crippen molar-refractivity contribution in [3.63, 3.8) is 0 Å². The van der Waals surface area contributed by atoms with Crippen molar-refractivity contribution in [2.24, 2.45) is 0 Å². The molecule has 0 atom stereocenters. The summed E-state index contributed by atoms with van der Waals surface area (Å²) in [6.45, 7) is 5.50. The maximum atomic E-state index is 12.0. The van der Waals surface area contributed by atoms with Crippen LogP contribution in [0.5, 0.6) is 0 Å². The predicted octanol–water partition coefficient (Wildman–Crippen LogP) is 4.84. The van der Waals surface area contributed by atoms with Gasteiger partial charge in [0.15, 0.2) is 0 Å². The van der Waals surface area contributed by atoms with E-state index in [0.717, 1.165) is 15.4 Å². The maximum Gasteiger partial charge on any atom is 0.418 e. The molecule has 0 saturated carbocycles. The van der Waals surface area contributed by atoms with Crippen LogP contribution in [0.3, 0.4) is 0 Å². The highest BCUT2D eigenvalue weighted by Crippen LogP contribution is 2.29. The number of hydrogen-bond donors (Lipinski definition) is 0. The summed E-state index contributed by atoms with van der Waals surface area (Å²) in [6.07, 6.45) is 1.28. The molecular weight excluding hydrogens is 318 g/mol. The minimum absolute atomic E-state index is 0.407. The van der Waals surface area contributed by atoms with E-state index in [-0.39, 0.29) is 0 Å². The van der Waals surface area contributed by atoms with Crippen molar-refractivity contribution in [2.75, 3.05) is 0 Å². The van der Waals surface area contributed by atoms with Crippen LogP contribution >= 0.6 is 27.5 Å². The van der Waals surface area contributed by atoms with E-state index in [1.807, 2.05) is 32.9 Å². The van der Waals surface area contributed by atoms with Crippen molar-refractivity contribution >= 4 is 44.5 Å². The molecule has 96 valence electrons. The Balaban J connectivity index is 2.46. The van der Waals surface area contributed by atoms with E-state index < -0.39 is 11.7 Å². The molecule has 1 aromatic heterocycles. The molecule has 5 heteroatoms. The smallest absolute Gasteiger partial charge is 0.418 e. The molecule has 18 heavy (non-hydrogen) atoms. The van der Waals surface area contributed by atoms with Crippen molar-refractivity contribution < 1.29 is 9.53 Å². The second-order valence-corrected chi connectivity index (χ2v) is 6.25. The molecule has 0 fully saturated rings. The summed E-state index contributed by atoms with van der Waals surface area (Å²) in [5.74, 6) is 0. The number of carbonyl (C=O) groups is 1. The van der Waals surface area contributed by atoms with Crippen LogP contribution < -0.4 is 0 Å². The van der Waals surface area contributed by atoms with Crippen LogP contribution in [0.4, 0.5) is 4.79 Å². The summed E-state index contributed by atoms with van der Waals surface area (Å²) < 4.78 is 7.59. The fourth-order valence-corrected chi connectivity index (χ4v) is 2.12. The van der Waals surface area contributed by atoms with Gasteiger partial charge in [0.1, 0.15) is 5.60 Å². The number of carbonyl (C=O) groups excluding carboxylic acids is 1. The van der Waals surface area contributed by atoms with Gasteiger partial charge in [-0.05, 0) is 54.9 Å². The molecule has 0 amide bonds. The summed E-state index contributed by atoms with van der Waals surface area (Å²) in [5.41, 5.74) is 0.213. The number of hydrogen-bond acceptors (Lipinski definition) is 2. The first kappa shape index (κ1) is 13.4. The van der Waals surface area contributed by atoms with Gasteiger partial charge in [-0.15, -0.1) is 0 Å². The molecule has 0 aliphatic rings. The van der Waals surface area contributed by atoms with Gasteiger partial charge in [-0.3, -0.25) is 4.57 Å². The van der Waals surface area contributed by atoms with Crippen molar-refractivity contribution in [3.8, 4) is 0 Å². The van der Waals surface area contributed by atoms with Gasteiger partial charge in [0, 0.05) is 16.1 Å². The molecule has 0 radical (unpaired) electrons. The summed E-state index contributed by atoms with van der Waals surface area (Å²) in [6, 6.07) is 5.46. The van der Waals surface area contributed by atoms with Crippen molar-refractivity contribution in [2.45, 2.75) is 26.4 Å². The quantitative estimate of drug-likeness (QED) is 0.692. The number of fused-ring (bicyclic) bond motifs is 1. The van der Waals surface area contributed by atoms with E-state index in [2.05, 4.69) is 15.9 Å². The molecule has 3 nitrogen and oxygen atoms in total. The average Bonchev–Trinajstić information content (AvgIpc) is 2.59. The first-order chi connectivity index (χ1) is 8.28. The lowest BCUT2D eigenvalue weighted by Gasteiger charge is -2.19. The van der Waals surface area contributed by atoms with E-state index in [4.69, 9.17) is 16.3 Å². The first-order valence-corrected chi connectivity index (χ1v) is 6.64. The Morgan fingerprint density at radius 2 is 2.06 bits per heavy atom. The molecule has 0 bridgehead atoms. The Hall–Kier alpha value is -1.000. The molecule has 1 aromatic carbocycles. The van der Waals surface area contributed by atoms with Gasteiger partial charge in [-0.25, -0.2) is 4.79 Å². The average molecular weight is 331 g/mol. The molecule has 1 heterocycles. The highest BCUT2D eigenvalue weighted by molar-refractivity contribution is 9.10. The van der Waals surface area contributed by atoms with Gasteiger partial charge in [0.2, 0.25) is 0 Å². The third-order valence-corrected chi connectivity index (χ3v) is 3.52. The van der Waals surface area contributed by atoms with Crippen molar-refractivity contribution in [1.29, 1.82) is 0 Å². The largest absolute Gasteiger partial charge is 0.443 e. The molecular formula is C13H13BrClNO2. The van der Waals surface area contributed by atoms with Gasteiger partial charge in [0.25, 0.3) is 0 Å². The Morgan fingerprint density at radius 1 is 1.39 bits per heavy atom. The van der Waals surface area contributed by atoms with Gasteiger partial charge < -0.3 is 4.74 Å². The normalized spacial score (nSPS) is 11.8. The molecule has 0 aliphatic heterocycles. The minimum atomic E-state index is -0.521. The van der Waals surface area contributed by atoms with Gasteiger partial charge in [0.05, 0.1) is 10.5 Å². The summed E-state index contributed by atoms with van der Waals surface area (Å²) in [4.78, 5) is 12.0. The fraction of sp³-hybridized carbons (Fsp3) is 0.308. The van der Waals surface area contributed by atoms with Crippen molar-refractivity contribution in [1.82, 2.24) is 4.57 Å². The molecule has 0 N–H and O–H groups in total. The zero-order chi connectivity index (χ0) is 13.5. The van der Waals surface area contributed by atoms with Gasteiger partial charge in [-0.2, -0.15) is 0 Å². The lowest BCUT2D eigenvalue weighted by molar-refractivity contribution is 0.0544. The Kier molecular flexibility index (Phi) is 3.43. The van der Waals surface area contributed by atoms with E-state index in [0.29, 0.717) is 5.02 Å².